The maximum absolute atomic E-state index is 11.3. The third kappa shape index (κ3) is 6.18. The van der Waals surface area contributed by atoms with Crippen LogP contribution >= 0.6 is 11.8 Å². The van der Waals surface area contributed by atoms with Crippen molar-refractivity contribution in [1.29, 1.82) is 0 Å². The van der Waals surface area contributed by atoms with Crippen LogP contribution in [-0.4, -0.2) is 37.2 Å². The average Bonchev–Trinajstić information content (AvgIpc) is 2.28. The molecule has 0 radical (unpaired) electrons. The predicted octanol–water partition coefficient (Wildman–Crippen LogP) is 2.23. The summed E-state index contributed by atoms with van der Waals surface area (Å²) in [7, 11) is 1.41. The van der Waals surface area contributed by atoms with E-state index >= 15 is 0 Å². The topological polar surface area (TPSA) is 38.3 Å². The largest absolute Gasteiger partial charge is 0.466 e. The highest BCUT2D eigenvalue weighted by molar-refractivity contribution is 7.99. The van der Waals surface area contributed by atoms with Gasteiger partial charge in [-0.05, 0) is 26.5 Å². The van der Waals surface area contributed by atoms with Crippen molar-refractivity contribution in [3.05, 3.63) is 11.6 Å². The Morgan fingerprint density at radius 1 is 1.50 bits per heavy atom. The van der Waals surface area contributed by atoms with Crippen LogP contribution in [0, 0.1) is 0 Å². The lowest BCUT2D eigenvalue weighted by Crippen LogP contribution is -2.32. The zero-order chi connectivity index (χ0) is 12.6. The molecular weight excluding hydrogens is 222 g/mol. The normalized spacial score (nSPS) is 12.7. The second-order valence-corrected chi connectivity index (χ2v) is 5.68. The average molecular weight is 245 g/mol. The quantitative estimate of drug-likeness (QED) is 0.424. The Labute approximate surface area is 103 Å². The van der Waals surface area contributed by atoms with E-state index in [0.29, 0.717) is 13.0 Å². The van der Waals surface area contributed by atoms with E-state index in [1.165, 1.54) is 7.11 Å². The molecule has 0 aliphatic rings. The monoisotopic (exact) mass is 245 g/mol. The van der Waals surface area contributed by atoms with E-state index in [9.17, 15) is 4.79 Å². The molecule has 0 rings (SSSR count). The molecule has 0 saturated heterocycles. The molecule has 0 fully saturated rings. The van der Waals surface area contributed by atoms with Crippen molar-refractivity contribution >= 4 is 17.7 Å². The van der Waals surface area contributed by atoms with Crippen LogP contribution in [0.25, 0.3) is 0 Å². The van der Waals surface area contributed by atoms with E-state index in [4.69, 9.17) is 0 Å². The SMILES string of the molecule is CCC(=CCNCC(C)(C)SC)C(=O)OC. The molecule has 0 bridgehead atoms. The molecule has 0 aliphatic heterocycles. The summed E-state index contributed by atoms with van der Waals surface area (Å²) < 4.78 is 4.91. The van der Waals surface area contributed by atoms with Gasteiger partial charge in [0.05, 0.1) is 7.11 Å². The van der Waals surface area contributed by atoms with Gasteiger partial charge in [0, 0.05) is 23.4 Å². The molecule has 94 valence electrons. The summed E-state index contributed by atoms with van der Waals surface area (Å²) in [6, 6.07) is 0. The van der Waals surface area contributed by atoms with Gasteiger partial charge in [-0.15, -0.1) is 0 Å². The lowest BCUT2D eigenvalue weighted by molar-refractivity contribution is -0.136. The van der Waals surface area contributed by atoms with E-state index in [1.54, 1.807) is 0 Å². The summed E-state index contributed by atoms with van der Waals surface area (Å²) in [4.78, 5) is 11.3. The van der Waals surface area contributed by atoms with Gasteiger partial charge in [-0.25, -0.2) is 4.79 Å². The van der Waals surface area contributed by atoms with Crippen LogP contribution in [0.2, 0.25) is 0 Å². The number of rotatable bonds is 7. The van der Waals surface area contributed by atoms with E-state index in [0.717, 1.165) is 12.1 Å². The Hall–Kier alpha value is -0.480. The maximum Gasteiger partial charge on any atom is 0.333 e. The minimum absolute atomic E-state index is 0.228. The van der Waals surface area contributed by atoms with Gasteiger partial charge in [-0.3, -0.25) is 0 Å². The first kappa shape index (κ1) is 15.5. The molecule has 1 N–H and O–H groups in total. The van der Waals surface area contributed by atoms with Crippen molar-refractivity contribution in [2.24, 2.45) is 0 Å². The zero-order valence-corrected chi connectivity index (χ0v) is 11.7. The molecule has 0 aromatic carbocycles. The molecule has 0 aromatic rings. The van der Waals surface area contributed by atoms with Gasteiger partial charge in [-0.2, -0.15) is 11.8 Å². The van der Waals surface area contributed by atoms with E-state index in [1.807, 2.05) is 24.8 Å². The lowest BCUT2D eigenvalue weighted by atomic mass is 10.2. The van der Waals surface area contributed by atoms with Crippen LogP contribution in [0.4, 0.5) is 0 Å². The van der Waals surface area contributed by atoms with Gasteiger partial charge >= 0.3 is 5.97 Å². The summed E-state index contributed by atoms with van der Waals surface area (Å²) in [5.41, 5.74) is 0.733. The fraction of sp³-hybridized carbons (Fsp3) is 0.750. The number of ether oxygens (including phenoxy) is 1. The smallest absolute Gasteiger partial charge is 0.333 e. The fourth-order valence-electron chi connectivity index (χ4n) is 1.14. The number of hydrogen-bond donors (Lipinski definition) is 1. The summed E-state index contributed by atoms with van der Waals surface area (Å²) in [6.07, 6.45) is 4.71. The highest BCUT2D eigenvalue weighted by Gasteiger charge is 2.14. The van der Waals surface area contributed by atoms with Crippen molar-refractivity contribution in [3.63, 3.8) is 0 Å². The molecule has 0 saturated carbocycles. The van der Waals surface area contributed by atoms with Gasteiger partial charge in [0.15, 0.2) is 0 Å². The summed E-state index contributed by atoms with van der Waals surface area (Å²) in [5.74, 6) is -0.228. The minimum Gasteiger partial charge on any atom is -0.466 e. The zero-order valence-electron chi connectivity index (χ0n) is 10.9. The van der Waals surface area contributed by atoms with Crippen molar-refractivity contribution in [2.45, 2.75) is 31.9 Å². The Balaban J connectivity index is 4.03. The molecule has 4 heteroatoms. The highest BCUT2D eigenvalue weighted by Crippen LogP contribution is 2.19. The molecule has 0 spiro atoms. The molecule has 0 aliphatic carbocycles. The van der Waals surface area contributed by atoms with Gasteiger partial charge in [0.2, 0.25) is 0 Å². The molecule has 0 heterocycles. The first-order chi connectivity index (χ1) is 7.46. The van der Waals surface area contributed by atoms with Crippen LogP contribution in [0.15, 0.2) is 11.6 Å². The van der Waals surface area contributed by atoms with Crippen LogP contribution < -0.4 is 5.32 Å². The Morgan fingerprint density at radius 2 is 2.12 bits per heavy atom. The molecule has 16 heavy (non-hydrogen) atoms. The third-order valence-corrected chi connectivity index (χ3v) is 3.67. The van der Waals surface area contributed by atoms with Crippen LogP contribution in [0.1, 0.15) is 27.2 Å². The standard InChI is InChI=1S/C12H23NO2S/c1-6-10(11(14)15-4)7-8-13-9-12(2,3)16-5/h7,13H,6,8-9H2,1-5H3. The lowest BCUT2D eigenvalue weighted by Gasteiger charge is -2.21. The van der Waals surface area contributed by atoms with Gasteiger partial charge < -0.3 is 10.1 Å². The number of carbonyl (C=O) groups is 1. The molecular formula is C12H23NO2S. The summed E-state index contributed by atoms with van der Waals surface area (Å²) in [5, 5.41) is 3.32. The third-order valence-electron chi connectivity index (χ3n) is 2.42. The van der Waals surface area contributed by atoms with E-state index < -0.39 is 0 Å². The number of nitrogens with one attached hydrogen (secondary N) is 1. The predicted molar refractivity (Wildman–Crippen MR) is 70.9 cm³/mol. The second-order valence-electron chi connectivity index (χ2n) is 4.17. The minimum atomic E-state index is -0.228. The second kappa shape index (κ2) is 7.74. The molecule has 0 amide bonds. The van der Waals surface area contributed by atoms with Crippen LogP contribution in [0.5, 0.6) is 0 Å². The molecule has 0 unspecified atom stereocenters. The summed E-state index contributed by atoms with van der Waals surface area (Å²) in [6.45, 7) is 7.96. The van der Waals surface area contributed by atoms with E-state index in [2.05, 4.69) is 30.2 Å². The van der Waals surface area contributed by atoms with Gasteiger partial charge in [0.25, 0.3) is 0 Å². The Morgan fingerprint density at radius 3 is 2.56 bits per heavy atom. The van der Waals surface area contributed by atoms with Crippen molar-refractivity contribution in [1.82, 2.24) is 5.32 Å². The molecule has 0 aromatic heterocycles. The van der Waals surface area contributed by atoms with Gasteiger partial charge in [0.1, 0.15) is 0 Å². The molecule has 3 nitrogen and oxygen atoms in total. The number of thioether (sulfide) groups is 1. The highest BCUT2D eigenvalue weighted by atomic mass is 32.2. The van der Waals surface area contributed by atoms with Crippen molar-refractivity contribution in [3.8, 4) is 0 Å². The Bertz CT molecular complexity index is 249. The van der Waals surface area contributed by atoms with Gasteiger partial charge in [-0.1, -0.05) is 13.0 Å². The number of hydrogen-bond acceptors (Lipinski definition) is 4. The van der Waals surface area contributed by atoms with Crippen LogP contribution in [-0.2, 0) is 9.53 Å². The summed E-state index contributed by atoms with van der Waals surface area (Å²) >= 11 is 1.83. The molecule has 0 atom stereocenters. The fourth-order valence-corrected chi connectivity index (χ4v) is 1.39. The van der Waals surface area contributed by atoms with Crippen molar-refractivity contribution in [2.75, 3.05) is 26.5 Å². The number of methoxy groups -OCH3 is 1. The van der Waals surface area contributed by atoms with E-state index in [-0.39, 0.29) is 10.7 Å². The number of carbonyl (C=O) groups excluding carboxylic acids is 1. The number of esters is 1. The first-order valence-electron chi connectivity index (χ1n) is 5.50. The van der Waals surface area contributed by atoms with Crippen molar-refractivity contribution < 1.29 is 9.53 Å². The van der Waals surface area contributed by atoms with Crippen LogP contribution in [0.3, 0.4) is 0 Å². The first-order valence-corrected chi connectivity index (χ1v) is 6.72. The maximum atomic E-state index is 11.3. The Kier molecular flexibility index (Phi) is 7.51.